The number of aromatic nitrogens is 2. The van der Waals surface area contributed by atoms with Gasteiger partial charge >= 0.3 is 0 Å². The maximum atomic E-state index is 8.72. The Bertz CT molecular complexity index is 573. The number of nitriles is 1. The summed E-state index contributed by atoms with van der Waals surface area (Å²) >= 11 is 6.05. The summed E-state index contributed by atoms with van der Waals surface area (Å²) in [5, 5.41) is 9.30. The second kappa shape index (κ2) is 4.30. The Hall–Kier alpha value is -1.92. The molecule has 16 heavy (non-hydrogen) atoms. The van der Waals surface area contributed by atoms with Gasteiger partial charge in [0.05, 0.1) is 10.7 Å². The largest absolute Gasteiger partial charge is 0.255 e. The molecule has 0 aliphatic rings. The van der Waals surface area contributed by atoms with Crippen molar-refractivity contribution in [2.75, 3.05) is 0 Å². The van der Waals surface area contributed by atoms with Crippen molar-refractivity contribution in [3.63, 3.8) is 0 Å². The van der Waals surface area contributed by atoms with Crippen LogP contribution in [-0.4, -0.2) is 9.97 Å². The average molecular weight is 230 g/mol. The molecule has 0 atom stereocenters. The number of nitrogens with zero attached hydrogens (tertiary/aromatic N) is 3. The number of hydrogen-bond donors (Lipinski definition) is 0. The molecule has 0 saturated heterocycles. The quantitative estimate of drug-likeness (QED) is 0.755. The molecule has 0 spiro atoms. The molecule has 2 heterocycles. The second-order valence-corrected chi connectivity index (χ2v) is 3.74. The van der Waals surface area contributed by atoms with Crippen LogP contribution >= 0.6 is 11.6 Å². The Morgan fingerprint density at radius 1 is 1.38 bits per heavy atom. The van der Waals surface area contributed by atoms with Crippen LogP contribution in [0.4, 0.5) is 0 Å². The molecule has 2 aromatic rings. The van der Waals surface area contributed by atoms with Crippen molar-refractivity contribution in [1.29, 1.82) is 5.26 Å². The zero-order valence-corrected chi connectivity index (χ0v) is 9.36. The minimum atomic E-state index is 0.397. The fraction of sp³-hybridized carbons (Fsp3) is 0.0833. The van der Waals surface area contributed by atoms with E-state index in [1.165, 1.54) is 0 Å². The summed E-state index contributed by atoms with van der Waals surface area (Å²) in [6.45, 7) is 1.91. The van der Waals surface area contributed by atoms with Crippen LogP contribution in [0.2, 0.25) is 5.02 Å². The zero-order chi connectivity index (χ0) is 11.5. The number of hydrogen-bond acceptors (Lipinski definition) is 3. The van der Waals surface area contributed by atoms with Crippen LogP contribution in [0.5, 0.6) is 0 Å². The van der Waals surface area contributed by atoms with E-state index in [-0.39, 0.29) is 0 Å². The average Bonchev–Trinajstić information content (AvgIpc) is 2.30. The van der Waals surface area contributed by atoms with Crippen molar-refractivity contribution in [2.45, 2.75) is 6.92 Å². The van der Waals surface area contributed by atoms with Crippen LogP contribution in [0, 0.1) is 18.3 Å². The van der Waals surface area contributed by atoms with Crippen molar-refractivity contribution in [3.05, 3.63) is 46.9 Å². The Morgan fingerprint density at radius 3 is 2.81 bits per heavy atom. The van der Waals surface area contributed by atoms with Gasteiger partial charge in [-0.2, -0.15) is 5.26 Å². The fourth-order valence-electron chi connectivity index (χ4n) is 1.45. The molecule has 0 saturated carbocycles. The summed E-state index contributed by atoms with van der Waals surface area (Å²) < 4.78 is 0. The predicted octanol–water partition coefficient (Wildman–Crippen LogP) is 2.98. The topological polar surface area (TPSA) is 49.6 Å². The monoisotopic (exact) mass is 229 g/mol. The first-order valence-corrected chi connectivity index (χ1v) is 5.08. The molecule has 78 valence electrons. The van der Waals surface area contributed by atoms with E-state index in [2.05, 4.69) is 9.97 Å². The lowest BCUT2D eigenvalue weighted by atomic mass is 10.1. The van der Waals surface area contributed by atoms with Crippen LogP contribution in [0.25, 0.3) is 11.3 Å². The molecule has 4 heteroatoms. The van der Waals surface area contributed by atoms with Gasteiger partial charge in [-0.05, 0) is 30.7 Å². The van der Waals surface area contributed by atoms with Gasteiger partial charge in [-0.25, -0.2) is 4.98 Å². The van der Waals surface area contributed by atoms with Gasteiger partial charge in [-0.3, -0.25) is 4.98 Å². The molecule has 0 N–H and O–H groups in total. The van der Waals surface area contributed by atoms with Gasteiger partial charge in [0, 0.05) is 18.0 Å². The fourth-order valence-corrected chi connectivity index (χ4v) is 1.67. The van der Waals surface area contributed by atoms with Crippen LogP contribution < -0.4 is 0 Å². The van der Waals surface area contributed by atoms with Crippen LogP contribution in [0.3, 0.4) is 0 Å². The Balaban J connectivity index is 2.58. The second-order valence-electron chi connectivity index (χ2n) is 3.33. The highest BCUT2D eigenvalue weighted by Gasteiger charge is 2.08. The molecule has 2 rings (SSSR count). The van der Waals surface area contributed by atoms with Crippen molar-refractivity contribution in [1.82, 2.24) is 9.97 Å². The summed E-state index contributed by atoms with van der Waals surface area (Å²) in [7, 11) is 0. The van der Waals surface area contributed by atoms with E-state index in [0.717, 1.165) is 11.1 Å². The van der Waals surface area contributed by atoms with Crippen molar-refractivity contribution < 1.29 is 0 Å². The minimum Gasteiger partial charge on any atom is -0.255 e. The van der Waals surface area contributed by atoms with Crippen molar-refractivity contribution >= 4 is 11.6 Å². The van der Waals surface area contributed by atoms with Gasteiger partial charge in [0.25, 0.3) is 0 Å². The molecular weight excluding hydrogens is 222 g/mol. The number of halogens is 1. The Kier molecular flexibility index (Phi) is 2.84. The third-order valence-electron chi connectivity index (χ3n) is 2.24. The first kappa shape index (κ1) is 10.6. The molecular formula is C12H8ClN3. The third kappa shape index (κ3) is 1.88. The molecule has 0 aliphatic carbocycles. The van der Waals surface area contributed by atoms with Crippen LogP contribution in [-0.2, 0) is 0 Å². The summed E-state index contributed by atoms with van der Waals surface area (Å²) in [5.41, 5.74) is 2.88. The first-order chi connectivity index (χ1) is 7.72. The number of pyridine rings is 2. The maximum Gasteiger partial charge on any atom is 0.140 e. The molecule has 0 unspecified atom stereocenters. The predicted molar refractivity (Wildman–Crippen MR) is 61.9 cm³/mol. The van der Waals surface area contributed by atoms with E-state index in [0.29, 0.717) is 16.4 Å². The van der Waals surface area contributed by atoms with Gasteiger partial charge in [0.15, 0.2) is 0 Å². The van der Waals surface area contributed by atoms with Gasteiger partial charge in [0.1, 0.15) is 11.8 Å². The number of rotatable bonds is 1. The third-order valence-corrected chi connectivity index (χ3v) is 2.54. The molecule has 2 aromatic heterocycles. The summed E-state index contributed by atoms with van der Waals surface area (Å²) in [6.07, 6.45) is 3.31. The molecule has 0 fully saturated rings. The zero-order valence-electron chi connectivity index (χ0n) is 8.61. The lowest BCUT2D eigenvalue weighted by molar-refractivity contribution is 1.21. The Morgan fingerprint density at radius 2 is 2.19 bits per heavy atom. The highest BCUT2D eigenvalue weighted by molar-refractivity contribution is 6.33. The van der Waals surface area contributed by atoms with E-state index in [9.17, 15) is 0 Å². The Labute approximate surface area is 98.4 Å². The first-order valence-electron chi connectivity index (χ1n) is 4.70. The highest BCUT2D eigenvalue weighted by atomic mass is 35.5. The van der Waals surface area contributed by atoms with Crippen LogP contribution in [0.15, 0.2) is 30.6 Å². The molecule has 0 aromatic carbocycles. The van der Waals surface area contributed by atoms with E-state index in [1.807, 2.05) is 13.0 Å². The standard InChI is InChI=1S/C12H8ClN3/c1-8-5-9(6-14)16-7-10(8)12-11(13)3-2-4-15-12/h2-5,7H,1H3. The van der Waals surface area contributed by atoms with Gasteiger partial charge < -0.3 is 0 Å². The smallest absolute Gasteiger partial charge is 0.140 e. The van der Waals surface area contributed by atoms with Gasteiger partial charge in [-0.1, -0.05) is 11.6 Å². The molecule has 0 aliphatic heterocycles. The summed E-state index contributed by atoms with van der Waals surface area (Å²) in [4.78, 5) is 8.23. The molecule has 0 radical (unpaired) electrons. The van der Waals surface area contributed by atoms with Crippen LogP contribution in [0.1, 0.15) is 11.3 Å². The van der Waals surface area contributed by atoms with E-state index in [1.54, 1.807) is 30.6 Å². The van der Waals surface area contributed by atoms with Gasteiger partial charge in [-0.15, -0.1) is 0 Å². The normalized spacial score (nSPS) is 9.81. The molecule has 0 bridgehead atoms. The molecule has 3 nitrogen and oxygen atoms in total. The molecule has 0 amide bonds. The SMILES string of the molecule is Cc1cc(C#N)ncc1-c1ncccc1Cl. The minimum absolute atomic E-state index is 0.397. The number of aryl methyl sites for hydroxylation is 1. The lowest BCUT2D eigenvalue weighted by Gasteiger charge is -2.06. The van der Waals surface area contributed by atoms with E-state index in [4.69, 9.17) is 16.9 Å². The van der Waals surface area contributed by atoms with Crippen molar-refractivity contribution in [3.8, 4) is 17.3 Å². The lowest BCUT2D eigenvalue weighted by Crippen LogP contribution is -1.91. The van der Waals surface area contributed by atoms with Gasteiger partial charge in [0.2, 0.25) is 0 Å². The van der Waals surface area contributed by atoms with Crippen molar-refractivity contribution in [2.24, 2.45) is 0 Å². The highest BCUT2D eigenvalue weighted by Crippen LogP contribution is 2.27. The maximum absolute atomic E-state index is 8.72. The van der Waals surface area contributed by atoms with E-state index >= 15 is 0 Å². The summed E-state index contributed by atoms with van der Waals surface area (Å²) in [6, 6.07) is 7.27. The summed E-state index contributed by atoms with van der Waals surface area (Å²) in [5.74, 6) is 0. The van der Waals surface area contributed by atoms with E-state index < -0.39 is 0 Å².